The molecule has 1 N–H and O–H groups in total. The Morgan fingerprint density at radius 1 is 1.14 bits per heavy atom. The third kappa shape index (κ3) is 6.40. The van der Waals surface area contributed by atoms with Crippen LogP contribution in [0.2, 0.25) is 0 Å². The Morgan fingerprint density at radius 3 is 2.45 bits per heavy atom. The summed E-state index contributed by atoms with van der Waals surface area (Å²) in [5, 5.41) is 3.35. The highest BCUT2D eigenvalue weighted by Gasteiger charge is 2.12. The predicted octanol–water partition coefficient (Wildman–Crippen LogP) is 3.99. The van der Waals surface area contributed by atoms with E-state index in [-0.39, 0.29) is 6.42 Å². The first kappa shape index (κ1) is 19.0. The summed E-state index contributed by atoms with van der Waals surface area (Å²) in [7, 11) is 3.22. The molecule has 0 saturated carbocycles. The molecule has 0 atom stereocenters. The van der Waals surface area contributed by atoms with Crippen LogP contribution in [0, 0.1) is 0 Å². The summed E-state index contributed by atoms with van der Waals surface area (Å²) in [4.78, 5) is 0.838. The van der Waals surface area contributed by atoms with Gasteiger partial charge in [-0.15, -0.1) is 11.8 Å². The number of hydrogen-bond donors (Lipinski definition) is 1. The van der Waals surface area contributed by atoms with Crippen LogP contribution in [0.15, 0.2) is 17.0 Å². The molecule has 126 valence electrons. The molecule has 22 heavy (non-hydrogen) atoms. The van der Waals surface area contributed by atoms with Crippen LogP contribution in [0.4, 0.5) is 8.78 Å². The summed E-state index contributed by atoms with van der Waals surface area (Å²) < 4.78 is 35.3. The van der Waals surface area contributed by atoms with Crippen molar-refractivity contribution in [3.05, 3.63) is 17.7 Å². The number of methoxy groups -OCH3 is 2. The Balaban J connectivity index is 2.77. The van der Waals surface area contributed by atoms with Gasteiger partial charge in [0.1, 0.15) is 11.5 Å². The molecule has 1 aromatic carbocycles. The molecule has 0 aromatic heterocycles. The average Bonchev–Trinajstić information content (AvgIpc) is 2.51. The van der Waals surface area contributed by atoms with Gasteiger partial charge in [-0.3, -0.25) is 0 Å². The molecular formula is C16H25F2NO2S. The molecule has 0 heterocycles. The second-order valence-corrected chi connectivity index (χ2v) is 5.98. The number of hydrogen-bond acceptors (Lipinski definition) is 4. The molecule has 1 rings (SSSR count). The third-order valence-corrected chi connectivity index (χ3v) is 4.23. The first-order valence-corrected chi connectivity index (χ1v) is 8.47. The van der Waals surface area contributed by atoms with Crippen molar-refractivity contribution in [1.82, 2.24) is 5.32 Å². The molecule has 0 saturated heterocycles. The molecule has 3 nitrogen and oxygen atoms in total. The first-order chi connectivity index (χ1) is 10.6. The van der Waals surface area contributed by atoms with Crippen molar-refractivity contribution in [1.29, 1.82) is 0 Å². The highest BCUT2D eigenvalue weighted by molar-refractivity contribution is 7.99. The fourth-order valence-corrected chi connectivity index (χ4v) is 3.01. The van der Waals surface area contributed by atoms with Gasteiger partial charge in [0, 0.05) is 12.2 Å². The van der Waals surface area contributed by atoms with Crippen LogP contribution in [-0.2, 0) is 6.42 Å². The van der Waals surface area contributed by atoms with Crippen LogP contribution in [0.25, 0.3) is 0 Å². The summed E-state index contributed by atoms with van der Waals surface area (Å²) in [6.07, 6.45) is -0.468. The molecule has 0 aliphatic carbocycles. The van der Waals surface area contributed by atoms with Crippen molar-refractivity contribution in [2.75, 3.05) is 33.1 Å². The van der Waals surface area contributed by atoms with Gasteiger partial charge in [0.2, 0.25) is 6.43 Å². The number of thioether (sulfide) groups is 1. The van der Waals surface area contributed by atoms with E-state index in [9.17, 15) is 8.78 Å². The minimum atomic E-state index is -2.27. The van der Waals surface area contributed by atoms with E-state index < -0.39 is 6.43 Å². The van der Waals surface area contributed by atoms with E-state index in [1.807, 2.05) is 12.1 Å². The van der Waals surface area contributed by atoms with Crippen molar-refractivity contribution >= 4 is 11.8 Å². The lowest BCUT2D eigenvalue weighted by molar-refractivity contribution is 0.145. The summed E-state index contributed by atoms with van der Waals surface area (Å²) in [5.41, 5.74) is 1.06. The number of rotatable bonds is 11. The van der Waals surface area contributed by atoms with Crippen LogP contribution in [-0.4, -0.2) is 39.5 Å². The zero-order chi connectivity index (χ0) is 16.4. The summed E-state index contributed by atoms with van der Waals surface area (Å²) in [5.74, 6) is 1.85. The molecule has 0 bridgehead atoms. The van der Waals surface area contributed by atoms with Gasteiger partial charge < -0.3 is 14.8 Å². The van der Waals surface area contributed by atoms with E-state index in [1.165, 1.54) is 11.8 Å². The number of nitrogens with one attached hydrogen (secondary N) is 1. The largest absolute Gasteiger partial charge is 0.496 e. The quantitative estimate of drug-likeness (QED) is 0.490. The Labute approximate surface area is 135 Å². The van der Waals surface area contributed by atoms with Crippen molar-refractivity contribution in [3.63, 3.8) is 0 Å². The van der Waals surface area contributed by atoms with Gasteiger partial charge in [0.25, 0.3) is 0 Å². The van der Waals surface area contributed by atoms with Crippen molar-refractivity contribution in [2.45, 2.75) is 37.5 Å². The van der Waals surface area contributed by atoms with Crippen LogP contribution < -0.4 is 14.8 Å². The molecular weight excluding hydrogens is 308 g/mol. The van der Waals surface area contributed by atoms with Crippen LogP contribution in [0.3, 0.4) is 0 Å². The zero-order valence-corrected chi connectivity index (χ0v) is 14.3. The fraction of sp³-hybridized carbons (Fsp3) is 0.625. The highest BCUT2D eigenvalue weighted by atomic mass is 32.2. The summed E-state index contributed by atoms with van der Waals surface area (Å²) >= 11 is 1.37. The fourth-order valence-electron chi connectivity index (χ4n) is 2.02. The van der Waals surface area contributed by atoms with Gasteiger partial charge in [-0.2, -0.15) is 0 Å². The van der Waals surface area contributed by atoms with Crippen LogP contribution in [0.1, 0.15) is 25.3 Å². The highest BCUT2D eigenvalue weighted by Crippen LogP contribution is 2.36. The maximum Gasteiger partial charge on any atom is 0.239 e. The van der Waals surface area contributed by atoms with Crippen molar-refractivity contribution in [3.8, 4) is 11.5 Å². The van der Waals surface area contributed by atoms with Gasteiger partial charge in [-0.1, -0.05) is 6.92 Å². The zero-order valence-electron chi connectivity index (χ0n) is 13.5. The number of alkyl halides is 2. The van der Waals surface area contributed by atoms with E-state index in [0.29, 0.717) is 11.5 Å². The third-order valence-electron chi connectivity index (χ3n) is 3.16. The second-order valence-electron chi connectivity index (χ2n) is 4.84. The van der Waals surface area contributed by atoms with E-state index in [0.717, 1.165) is 42.1 Å². The van der Waals surface area contributed by atoms with E-state index in [4.69, 9.17) is 9.47 Å². The smallest absolute Gasteiger partial charge is 0.239 e. The molecule has 0 aliphatic heterocycles. The molecule has 0 unspecified atom stereocenters. The Hall–Kier alpha value is -1.01. The first-order valence-electron chi connectivity index (χ1n) is 7.48. The Morgan fingerprint density at radius 2 is 1.86 bits per heavy atom. The van der Waals surface area contributed by atoms with Crippen LogP contribution in [0.5, 0.6) is 11.5 Å². The minimum absolute atomic E-state index is 0.126. The number of halogens is 2. The lowest BCUT2D eigenvalue weighted by Crippen LogP contribution is -2.18. The van der Waals surface area contributed by atoms with Gasteiger partial charge in [0.05, 0.1) is 19.1 Å². The number of benzene rings is 1. The van der Waals surface area contributed by atoms with E-state index in [1.54, 1.807) is 14.2 Å². The lowest BCUT2D eigenvalue weighted by atomic mass is 10.1. The average molecular weight is 333 g/mol. The van der Waals surface area contributed by atoms with E-state index in [2.05, 4.69) is 12.2 Å². The second kappa shape index (κ2) is 10.7. The number of ether oxygens (including phenoxy) is 2. The minimum Gasteiger partial charge on any atom is -0.496 e. The maximum atomic E-state index is 12.3. The molecule has 0 spiro atoms. The summed E-state index contributed by atoms with van der Waals surface area (Å²) in [6, 6.07) is 3.82. The van der Waals surface area contributed by atoms with Gasteiger partial charge in [-0.25, -0.2) is 8.78 Å². The molecule has 0 radical (unpaired) electrons. The standard InChI is InChI=1S/C16H25F2NO2S/c1-4-7-19-8-5-12-10-14(21-3)15(11-13(12)20-2)22-9-6-16(17)18/h10-11,16,19H,4-9H2,1-3H3. The Kier molecular flexibility index (Phi) is 9.24. The van der Waals surface area contributed by atoms with E-state index >= 15 is 0 Å². The van der Waals surface area contributed by atoms with Gasteiger partial charge in [0.15, 0.2) is 0 Å². The van der Waals surface area contributed by atoms with Crippen LogP contribution >= 0.6 is 11.8 Å². The lowest BCUT2D eigenvalue weighted by Gasteiger charge is -2.15. The summed E-state index contributed by atoms with van der Waals surface area (Å²) in [6.45, 7) is 3.98. The molecule has 0 aliphatic rings. The van der Waals surface area contributed by atoms with Crippen molar-refractivity contribution < 1.29 is 18.3 Å². The molecule has 0 fully saturated rings. The van der Waals surface area contributed by atoms with Gasteiger partial charge >= 0.3 is 0 Å². The maximum absolute atomic E-state index is 12.3. The normalized spacial score (nSPS) is 11.0. The topological polar surface area (TPSA) is 30.5 Å². The molecule has 1 aromatic rings. The van der Waals surface area contributed by atoms with Crippen molar-refractivity contribution in [2.24, 2.45) is 0 Å². The predicted molar refractivity (Wildman–Crippen MR) is 87.8 cm³/mol. The SMILES string of the molecule is CCCNCCc1cc(OC)c(SCCC(F)F)cc1OC. The van der Waals surface area contributed by atoms with Gasteiger partial charge in [-0.05, 0) is 43.6 Å². The Bertz CT molecular complexity index is 444. The molecule has 6 heteroatoms. The molecule has 0 amide bonds. The monoisotopic (exact) mass is 333 g/mol.